The molecule has 0 aliphatic rings. The van der Waals surface area contributed by atoms with E-state index in [4.69, 9.17) is 16.0 Å². The van der Waals surface area contributed by atoms with E-state index in [9.17, 15) is 0 Å². The maximum absolute atomic E-state index is 8.71. The molecule has 0 saturated heterocycles. The number of aromatic nitrogens is 2. The smallest absolute Gasteiger partial charge is 0.173 e. The van der Waals surface area contributed by atoms with Crippen LogP contribution in [-0.4, -0.2) is 46.5 Å². The molecule has 0 aliphatic carbocycles. The average molecular weight is 253 g/mol. The molecule has 1 rings (SSSR count). The van der Waals surface area contributed by atoms with Crippen LogP contribution in [0.1, 0.15) is 24.8 Å². The predicted molar refractivity (Wildman–Crippen MR) is 68.7 cm³/mol. The summed E-state index contributed by atoms with van der Waals surface area (Å²) < 4.78 is 0. The molecule has 100 valence electrons. The highest BCUT2D eigenvalue weighted by Gasteiger charge is 2.12. The molecule has 0 saturated carbocycles. The second-order valence-electron chi connectivity index (χ2n) is 3.96. The number of anilines is 1. The summed E-state index contributed by atoms with van der Waals surface area (Å²) in [6.45, 7) is 0.981. The van der Waals surface area contributed by atoms with Gasteiger partial charge in [-0.2, -0.15) is 5.10 Å². The Morgan fingerprint density at radius 1 is 1.44 bits per heavy atom. The first-order valence-electron chi connectivity index (χ1n) is 5.82. The predicted octanol–water partition coefficient (Wildman–Crippen LogP) is 0.170. The molecule has 1 aromatic heterocycles. The first-order valence-corrected chi connectivity index (χ1v) is 5.82. The number of oxime groups is 1. The van der Waals surface area contributed by atoms with Crippen molar-refractivity contribution in [2.24, 2.45) is 10.9 Å². The van der Waals surface area contributed by atoms with Gasteiger partial charge in [0.25, 0.3) is 0 Å². The zero-order valence-corrected chi connectivity index (χ0v) is 10.5. The lowest BCUT2D eigenvalue weighted by Gasteiger charge is -2.19. The van der Waals surface area contributed by atoms with Crippen LogP contribution in [0.15, 0.2) is 17.4 Å². The third-order valence-electron chi connectivity index (χ3n) is 2.60. The number of amidine groups is 1. The summed E-state index contributed by atoms with van der Waals surface area (Å²) in [5, 5.41) is 28.2. The number of nitrogens with zero attached hydrogens (tertiary/aromatic N) is 4. The summed E-state index contributed by atoms with van der Waals surface area (Å²) in [6, 6.07) is 1.65. The summed E-state index contributed by atoms with van der Waals surface area (Å²) >= 11 is 0. The van der Waals surface area contributed by atoms with Crippen molar-refractivity contribution in [3.05, 3.63) is 17.8 Å². The topological polar surface area (TPSA) is 108 Å². The van der Waals surface area contributed by atoms with Gasteiger partial charge in [-0.25, -0.2) is 0 Å². The highest BCUT2D eigenvalue weighted by atomic mass is 16.4. The minimum absolute atomic E-state index is 0.0158. The summed E-state index contributed by atoms with van der Waals surface area (Å²) in [7, 11) is 1.87. The molecule has 0 aromatic carbocycles. The number of aliphatic hydroxyl groups excluding tert-OH is 1. The van der Waals surface area contributed by atoms with Crippen molar-refractivity contribution in [1.82, 2.24) is 10.2 Å². The summed E-state index contributed by atoms with van der Waals surface area (Å²) in [6.07, 6.45) is 4.17. The number of rotatable bonds is 7. The molecule has 0 bridgehead atoms. The Labute approximate surface area is 106 Å². The number of hydrogen-bond donors (Lipinski definition) is 3. The normalized spacial score (nSPS) is 11.6. The van der Waals surface area contributed by atoms with Crippen LogP contribution < -0.4 is 10.6 Å². The highest BCUT2D eigenvalue weighted by molar-refractivity contribution is 6.01. The first kappa shape index (κ1) is 14.2. The van der Waals surface area contributed by atoms with Crippen LogP contribution in [0.25, 0.3) is 0 Å². The van der Waals surface area contributed by atoms with E-state index in [1.165, 1.54) is 6.20 Å². The largest absolute Gasteiger partial charge is 0.409 e. The fourth-order valence-corrected chi connectivity index (χ4v) is 1.60. The van der Waals surface area contributed by atoms with Crippen LogP contribution in [0.5, 0.6) is 0 Å². The maximum Gasteiger partial charge on any atom is 0.173 e. The Morgan fingerprint density at radius 2 is 2.22 bits per heavy atom. The number of nitrogens with two attached hydrogens (primary N) is 1. The van der Waals surface area contributed by atoms with Crippen LogP contribution in [0, 0.1) is 0 Å². The van der Waals surface area contributed by atoms with Gasteiger partial charge in [0.05, 0.1) is 11.8 Å². The van der Waals surface area contributed by atoms with Crippen molar-refractivity contribution >= 4 is 11.7 Å². The lowest BCUT2D eigenvalue weighted by Crippen LogP contribution is -2.25. The van der Waals surface area contributed by atoms with Gasteiger partial charge in [0.1, 0.15) is 0 Å². The molecule has 0 aliphatic heterocycles. The molecular formula is C11H19N5O2. The molecule has 1 heterocycles. The lowest BCUT2D eigenvalue weighted by atomic mass is 10.2. The standard InChI is InChI=1S/C11H19N5O2/c1-16(7-3-2-4-8-17)11-9(10(12)15-18)5-6-13-14-11/h5-6,17-18H,2-4,7-8H2,1H3,(H2,12,15). The molecule has 0 spiro atoms. The fourth-order valence-electron chi connectivity index (χ4n) is 1.60. The zero-order chi connectivity index (χ0) is 13.4. The van der Waals surface area contributed by atoms with Crippen LogP contribution in [-0.2, 0) is 0 Å². The Bertz CT molecular complexity index is 397. The molecule has 7 heteroatoms. The van der Waals surface area contributed by atoms with Crippen molar-refractivity contribution in [1.29, 1.82) is 0 Å². The van der Waals surface area contributed by atoms with E-state index in [1.54, 1.807) is 6.07 Å². The Kier molecular flexibility index (Phi) is 5.86. The third-order valence-corrected chi connectivity index (χ3v) is 2.60. The minimum atomic E-state index is 0.0158. The summed E-state index contributed by atoms with van der Waals surface area (Å²) in [5.74, 6) is 0.596. The lowest BCUT2D eigenvalue weighted by molar-refractivity contribution is 0.283. The fraction of sp³-hybridized carbons (Fsp3) is 0.545. The van der Waals surface area contributed by atoms with Gasteiger partial charge in [-0.3, -0.25) is 0 Å². The van der Waals surface area contributed by atoms with Gasteiger partial charge in [0.2, 0.25) is 0 Å². The Balaban J connectivity index is 2.70. The summed E-state index contributed by atoms with van der Waals surface area (Å²) in [4.78, 5) is 1.90. The van der Waals surface area contributed by atoms with Crippen molar-refractivity contribution in [3.8, 4) is 0 Å². The van der Waals surface area contributed by atoms with E-state index >= 15 is 0 Å². The van der Waals surface area contributed by atoms with Crippen LogP contribution in [0.2, 0.25) is 0 Å². The van der Waals surface area contributed by atoms with Crippen LogP contribution in [0.3, 0.4) is 0 Å². The van der Waals surface area contributed by atoms with Crippen LogP contribution >= 0.6 is 0 Å². The molecule has 0 unspecified atom stereocenters. The monoisotopic (exact) mass is 253 g/mol. The van der Waals surface area contributed by atoms with E-state index in [0.29, 0.717) is 11.4 Å². The Morgan fingerprint density at radius 3 is 2.89 bits per heavy atom. The van der Waals surface area contributed by atoms with E-state index in [0.717, 1.165) is 25.8 Å². The molecule has 4 N–H and O–H groups in total. The number of aliphatic hydroxyl groups is 1. The second kappa shape index (κ2) is 7.44. The Hall–Kier alpha value is -1.89. The SMILES string of the molecule is CN(CCCCCO)c1nnccc1/C(N)=N/O. The van der Waals surface area contributed by atoms with Gasteiger partial charge < -0.3 is 20.9 Å². The van der Waals surface area contributed by atoms with E-state index in [2.05, 4.69) is 15.4 Å². The molecule has 0 radical (unpaired) electrons. The maximum atomic E-state index is 8.71. The molecule has 18 heavy (non-hydrogen) atoms. The van der Waals surface area contributed by atoms with Crippen molar-refractivity contribution in [2.75, 3.05) is 25.1 Å². The van der Waals surface area contributed by atoms with Crippen LogP contribution in [0.4, 0.5) is 5.82 Å². The van der Waals surface area contributed by atoms with Crippen molar-refractivity contribution in [3.63, 3.8) is 0 Å². The van der Waals surface area contributed by atoms with Gasteiger partial charge in [-0.15, -0.1) is 5.10 Å². The van der Waals surface area contributed by atoms with Gasteiger partial charge in [-0.1, -0.05) is 5.16 Å². The van der Waals surface area contributed by atoms with E-state index in [1.807, 2.05) is 11.9 Å². The van der Waals surface area contributed by atoms with Gasteiger partial charge in [0.15, 0.2) is 11.7 Å². The van der Waals surface area contributed by atoms with E-state index < -0.39 is 0 Å². The summed E-state index contributed by atoms with van der Waals surface area (Å²) in [5.41, 5.74) is 6.13. The van der Waals surface area contributed by atoms with Gasteiger partial charge in [-0.05, 0) is 25.3 Å². The molecule has 1 aromatic rings. The van der Waals surface area contributed by atoms with E-state index in [-0.39, 0.29) is 12.4 Å². The molecular weight excluding hydrogens is 234 g/mol. The quantitative estimate of drug-likeness (QED) is 0.210. The number of hydrogen-bond acceptors (Lipinski definition) is 6. The third kappa shape index (κ3) is 3.85. The highest BCUT2D eigenvalue weighted by Crippen LogP contribution is 2.15. The molecule has 0 amide bonds. The average Bonchev–Trinajstić information content (AvgIpc) is 2.42. The number of unbranched alkanes of at least 4 members (excludes halogenated alkanes) is 2. The molecule has 0 fully saturated rings. The zero-order valence-electron chi connectivity index (χ0n) is 10.5. The molecule has 0 atom stereocenters. The van der Waals surface area contributed by atoms with Crippen molar-refractivity contribution < 1.29 is 10.3 Å². The molecule has 7 nitrogen and oxygen atoms in total. The van der Waals surface area contributed by atoms with Gasteiger partial charge >= 0.3 is 0 Å². The van der Waals surface area contributed by atoms with Gasteiger partial charge in [0, 0.05) is 20.2 Å². The first-order chi connectivity index (χ1) is 8.70. The second-order valence-corrected chi connectivity index (χ2v) is 3.96. The van der Waals surface area contributed by atoms with Crippen molar-refractivity contribution in [2.45, 2.75) is 19.3 Å². The minimum Gasteiger partial charge on any atom is -0.409 e.